The molecule has 0 aromatic rings. The molecule has 3 nitrogen and oxygen atoms in total. The highest BCUT2D eigenvalue weighted by Gasteiger charge is 2.16. The van der Waals surface area contributed by atoms with Crippen molar-refractivity contribution in [3.63, 3.8) is 0 Å². The summed E-state index contributed by atoms with van der Waals surface area (Å²) in [7, 11) is 0. The zero-order valence-electron chi connectivity index (χ0n) is 8.46. The molecule has 13 heavy (non-hydrogen) atoms. The van der Waals surface area contributed by atoms with E-state index in [1.807, 2.05) is 0 Å². The van der Waals surface area contributed by atoms with Crippen molar-refractivity contribution < 1.29 is 9.84 Å². The third-order valence-corrected chi connectivity index (χ3v) is 2.52. The summed E-state index contributed by atoms with van der Waals surface area (Å²) in [5, 5.41) is 12.4. The molecule has 2 unspecified atom stereocenters. The molecule has 2 atom stereocenters. The Morgan fingerprint density at radius 1 is 1.62 bits per heavy atom. The normalized spacial score (nSPS) is 24.9. The van der Waals surface area contributed by atoms with Crippen LogP contribution in [-0.2, 0) is 4.74 Å². The molecule has 0 saturated carbocycles. The van der Waals surface area contributed by atoms with Gasteiger partial charge >= 0.3 is 0 Å². The number of aliphatic hydroxyl groups is 1. The molecule has 78 valence electrons. The summed E-state index contributed by atoms with van der Waals surface area (Å²) in [4.78, 5) is 0. The standard InChI is InChI=1S/C10H21NO2/c1-2-4-9(8-12)11-7-10-5-3-6-13-10/h9-12H,2-8H2,1H3. The van der Waals surface area contributed by atoms with E-state index in [1.54, 1.807) is 0 Å². The van der Waals surface area contributed by atoms with Gasteiger partial charge < -0.3 is 15.2 Å². The highest BCUT2D eigenvalue weighted by atomic mass is 16.5. The lowest BCUT2D eigenvalue weighted by molar-refractivity contribution is 0.103. The first kappa shape index (κ1) is 11.0. The van der Waals surface area contributed by atoms with Crippen molar-refractivity contribution in [3.8, 4) is 0 Å². The van der Waals surface area contributed by atoms with E-state index >= 15 is 0 Å². The Labute approximate surface area is 80.5 Å². The lowest BCUT2D eigenvalue weighted by atomic mass is 10.1. The van der Waals surface area contributed by atoms with Crippen LogP contribution in [-0.4, -0.2) is 37.0 Å². The molecule has 0 aromatic carbocycles. The van der Waals surface area contributed by atoms with Gasteiger partial charge in [-0.2, -0.15) is 0 Å². The van der Waals surface area contributed by atoms with Crippen LogP contribution < -0.4 is 5.32 Å². The summed E-state index contributed by atoms with van der Waals surface area (Å²) < 4.78 is 5.48. The summed E-state index contributed by atoms with van der Waals surface area (Å²) in [6, 6.07) is 0.259. The van der Waals surface area contributed by atoms with E-state index in [2.05, 4.69) is 12.2 Å². The topological polar surface area (TPSA) is 41.5 Å². The molecular weight excluding hydrogens is 166 g/mol. The van der Waals surface area contributed by atoms with Gasteiger partial charge in [0.2, 0.25) is 0 Å². The van der Waals surface area contributed by atoms with Gasteiger partial charge in [0.25, 0.3) is 0 Å². The van der Waals surface area contributed by atoms with Crippen LogP contribution in [0.1, 0.15) is 32.6 Å². The van der Waals surface area contributed by atoms with Crippen molar-refractivity contribution in [1.29, 1.82) is 0 Å². The quantitative estimate of drug-likeness (QED) is 0.649. The second-order valence-electron chi connectivity index (χ2n) is 3.71. The molecule has 0 aliphatic carbocycles. The molecule has 1 fully saturated rings. The van der Waals surface area contributed by atoms with Gasteiger partial charge in [0.05, 0.1) is 12.7 Å². The Kier molecular flexibility index (Phi) is 5.35. The van der Waals surface area contributed by atoms with Crippen molar-refractivity contribution in [2.75, 3.05) is 19.8 Å². The monoisotopic (exact) mass is 187 g/mol. The van der Waals surface area contributed by atoms with Gasteiger partial charge in [-0.3, -0.25) is 0 Å². The maximum Gasteiger partial charge on any atom is 0.0700 e. The SMILES string of the molecule is CCCC(CO)NCC1CCCO1. The molecule has 1 heterocycles. The zero-order valence-corrected chi connectivity index (χ0v) is 8.46. The Hall–Kier alpha value is -0.120. The highest BCUT2D eigenvalue weighted by Crippen LogP contribution is 2.11. The molecule has 1 rings (SSSR count). The van der Waals surface area contributed by atoms with Crippen molar-refractivity contribution in [1.82, 2.24) is 5.32 Å². The Morgan fingerprint density at radius 3 is 3.00 bits per heavy atom. The van der Waals surface area contributed by atoms with Crippen LogP contribution in [0, 0.1) is 0 Å². The van der Waals surface area contributed by atoms with Crippen LogP contribution in [0.15, 0.2) is 0 Å². The molecule has 1 aliphatic heterocycles. The van der Waals surface area contributed by atoms with Gasteiger partial charge in [0, 0.05) is 19.2 Å². The van der Waals surface area contributed by atoms with Gasteiger partial charge in [-0.25, -0.2) is 0 Å². The van der Waals surface area contributed by atoms with Crippen LogP contribution in [0.25, 0.3) is 0 Å². The first-order valence-electron chi connectivity index (χ1n) is 5.32. The predicted molar refractivity (Wildman–Crippen MR) is 52.8 cm³/mol. The fourth-order valence-corrected chi connectivity index (χ4v) is 1.71. The molecule has 3 heteroatoms. The molecule has 1 aliphatic rings. The molecule has 0 aromatic heterocycles. The fraction of sp³-hybridized carbons (Fsp3) is 1.00. The van der Waals surface area contributed by atoms with Crippen molar-refractivity contribution >= 4 is 0 Å². The fourth-order valence-electron chi connectivity index (χ4n) is 1.71. The third-order valence-electron chi connectivity index (χ3n) is 2.52. The molecule has 0 bridgehead atoms. The average Bonchev–Trinajstić information content (AvgIpc) is 2.64. The Morgan fingerprint density at radius 2 is 2.46 bits per heavy atom. The Balaban J connectivity index is 2.07. The maximum absolute atomic E-state index is 9.03. The lowest BCUT2D eigenvalue weighted by Gasteiger charge is -2.17. The van der Waals surface area contributed by atoms with Crippen molar-refractivity contribution in [2.45, 2.75) is 44.8 Å². The van der Waals surface area contributed by atoms with Gasteiger partial charge in [-0.05, 0) is 19.3 Å². The van der Waals surface area contributed by atoms with E-state index in [9.17, 15) is 0 Å². The number of nitrogens with one attached hydrogen (secondary N) is 1. The molecule has 2 N–H and O–H groups in total. The van der Waals surface area contributed by atoms with Crippen LogP contribution in [0.2, 0.25) is 0 Å². The minimum absolute atomic E-state index is 0.237. The van der Waals surface area contributed by atoms with Crippen molar-refractivity contribution in [2.24, 2.45) is 0 Å². The smallest absolute Gasteiger partial charge is 0.0700 e. The summed E-state index contributed by atoms with van der Waals surface area (Å²) in [6.07, 6.45) is 4.89. The van der Waals surface area contributed by atoms with E-state index in [-0.39, 0.29) is 12.6 Å². The third kappa shape index (κ3) is 4.07. The predicted octanol–water partition coefficient (Wildman–Crippen LogP) is 0.916. The first-order chi connectivity index (χ1) is 6.36. The summed E-state index contributed by atoms with van der Waals surface area (Å²) in [6.45, 7) is 4.17. The largest absolute Gasteiger partial charge is 0.395 e. The second kappa shape index (κ2) is 6.35. The average molecular weight is 187 g/mol. The van der Waals surface area contributed by atoms with E-state index in [1.165, 1.54) is 6.42 Å². The molecule has 0 spiro atoms. The summed E-state index contributed by atoms with van der Waals surface area (Å²) in [5.41, 5.74) is 0. The first-order valence-corrected chi connectivity index (χ1v) is 5.32. The minimum atomic E-state index is 0.237. The van der Waals surface area contributed by atoms with Crippen molar-refractivity contribution in [3.05, 3.63) is 0 Å². The van der Waals surface area contributed by atoms with Gasteiger partial charge in [0.15, 0.2) is 0 Å². The molecule has 0 radical (unpaired) electrons. The van der Waals surface area contributed by atoms with Crippen LogP contribution >= 0.6 is 0 Å². The molecule has 0 amide bonds. The van der Waals surface area contributed by atoms with E-state index in [4.69, 9.17) is 9.84 Å². The van der Waals surface area contributed by atoms with Crippen LogP contribution in [0.5, 0.6) is 0 Å². The van der Waals surface area contributed by atoms with E-state index < -0.39 is 0 Å². The van der Waals surface area contributed by atoms with E-state index in [0.29, 0.717) is 6.10 Å². The molecular formula is C10H21NO2. The second-order valence-corrected chi connectivity index (χ2v) is 3.71. The van der Waals surface area contributed by atoms with E-state index in [0.717, 1.165) is 32.4 Å². The highest BCUT2D eigenvalue weighted by molar-refractivity contribution is 4.71. The molecule has 1 saturated heterocycles. The van der Waals surface area contributed by atoms with Crippen LogP contribution in [0.4, 0.5) is 0 Å². The Bertz CT molecular complexity index is 124. The number of hydrogen-bond acceptors (Lipinski definition) is 3. The van der Waals surface area contributed by atoms with Gasteiger partial charge in [-0.15, -0.1) is 0 Å². The summed E-state index contributed by atoms with van der Waals surface area (Å²) in [5.74, 6) is 0. The van der Waals surface area contributed by atoms with Crippen LogP contribution in [0.3, 0.4) is 0 Å². The summed E-state index contributed by atoms with van der Waals surface area (Å²) >= 11 is 0. The lowest BCUT2D eigenvalue weighted by Crippen LogP contribution is -2.37. The number of aliphatic hydroxyl groups excluding tert-OH is 1. The van der Waals surface area contributed by atoms with Gasteiger partial charge in [-0.1, -0.05) is 13.3 Å². The number of ether oxygens (including phenoxy) is 1. The number of rotatable bonds is 6. The minimum Gasteiger partial charge on any atom is -0.395 e. The van der Waals surface area contributed by atoms with Gasteiger partial charge in [0.1, 0.15) is 0 Å². The number of hydrogen-bond donors (Lipinski definition) is 2. The maximum atomic E-state index is 9.03. The zero-order chi connectivity index (χ0) is 9.52.